The van der Waals surface area contributed by atoms with Crippen LogP contribution in [0.1, 0.15) is 30.6 Å². The summed E-state index contributed by atoms with van der Waals surface area (Å²) in [5, 5.41) is 3.09. The van der Waals surface area contributed by atoms with E-state index < -0.39 is 0 Å². The Morgan fingerprint density at radius 2 is 1.95 bits per heavy atom. The Bertz CT molecular complexity index is 530. The van der Waals surface area contributed by atoms with Gasteiger partial charge in [-0.05, 0) is 24.1 Å². The van der Waals surface area contributed by atoms with E-state index in [4.69, 9.17) is 17.3 Å². The minimum atomic E-state index is -0.215. The van der Waals surface area contributed by atoms with Gasteiger partial charge in [0.15, 0.2) is 0 Å². The summed E-state index contributed by atoms with van der Waals surface area (Å²) in [7, 11) is 3.33. The van der Waals surface area contributed by atoms with Crippen LogP contribution in [-0.4, -0.2) is 36.9 Å². The minimum absolute atomic E-state index is 0.152. The minimum Gasteiger partial charge on any atom is -0.345 e. The van der Waals surface area contributed by atoms with Crippen LogP contribution in [0.2, 0.25) is 5.02 Å². The summed E-state index contributed by atoms with van der Waals surface area (Å²) >= 11 is 6.05. The quantitative estimate of drug-likeness (QED) is 0.876. The SMILES string of the molecule is CC(C)C(N)CC(=O)Nc1cc(C(=O)N(C)C)ccc1Cl. The maximum atomic E-state index is 11.9. The molecule has 0 aliphatic rings. The smallest absolute Gasteiger partial charge is 0.253 e. The molecule has 21 heavy (non-hydrogen) atoms. The highest BCUT2D eigenvalue weighted by atomic mass is 35.5. The fourth-order valence-electron chi connectivity index (χ4n) is 1.66. The van der Waals surface area contributed by atoms with Crippen LogP contribution in [0, 0.1) is 5.92 Å². The molecular weight excluding hydrogens is 290 g/mol. The average molecular weight is 312 g/mol. The van der Waals surface area contributed by atoms with Gasteiger partial charge in [-0.3, -0.25) is 9.59 Å². The molecule has 0 aromatic heterocycles. The molecule has 0 heterocycles. The Balaban J connectivity index is 2.85. The summed E-state index contributed by atoms with van der Waals surface area (Å²) in [6.45, 7) is 3.92. The largest absolute Gasteiger partial charge is 0.345 e. The van der Waals surface area contributed by atoms with Crippen LogP contribution in [0.5, 0.6) is 0 Å². The zero-order chi connectivity index (χ0) is 16.2. The van der Waals surface area contributed by atoms with Gasteiger partial charge in [0, 0.05) is 32.1 Å². The number of anilines is 1. The number of benzene rings is 1. The van der Waals surface area contributed by atoms with Crippen LogP contribution < -0.4 is 11.1 Å². The second-order valence-corrected chi connectivity index (χ2v) is 5.96. The lowest BCUT2D eigenvalue weighted by molar-refractivity contribution is -0.116. The lowest BCUT2D eigenvalue weighted by Crippen LogP contribution is -2.31. The number of hydrogen-bond acceptors (Lipinski definition) is 3. The maximum Gasteiger partial charge on any atom is 0.253 e. The molecule has 0 aliphatic carbocycles. The number of rotatable bonds is 5. The highest BCUT2D eigenvalue weighted by molar-refractivity contribution is 6.33. The fraction of sp³-hybridized carbons (Fsp3) is 0.467. The van der Waals surface area contributed by atoms with Crippen molar-refractivity contribution in [2.45, 2.75) is 26.3 Å². The van der Waals surface area contributed by atoms with Gasteiger partial charge in [0.05, 0.1) is 10.7 Å². The summed E-state index contributed by atoms with van der Waals surface area (Å²) in [5.41, 5.74) is 6.76. The van der Waals surface area contributed by atoms with Crippen molar-refractivity contribution in [1.29, 1.82) is 0 Å². The summed E-state index contributed by atoms with van der Waals surface area (Å²) in [4.78, 5) is 25.3. The molecule has 2 amide bonds. The third kappa shape index (κ3) is 5.02. The second-order valence-electron chi connectivity index (χ2n) is 5.55. The molecule has 0 bridgehead atoms. The summed E-state index contributed by atoms with van der Waals surface area (Å²) < 4.78 is 0. The van der Waals surface area contributed by atoms with Crippen LogP contribution in [-0.2, 0) is 4.79 Å². The van der Waals surface area contributed by atoms with Gasteiger partial charge in [0.25, 0.3) is 5.91 Å². The van der Waals surface area contributed by atoms with Gasteiger partial charge in [-0.25, -0.2) is 0 Å². The van der Waals surface area contributed by atoms with Crippen molar-refractivity contribution in [3.8, 4) is 0 Å². The topological polar surface area (TPSA) is 75.4 Å². The number of halogens is 1. The molecule has 0 spiro atoms. The van der Waals surface area contributed by atoms with Crippen LogP contribution in [0.15, 0.2) is 18.2 Å². The van der Waals surface area contributed by atoms with Crippen LogP contribution >= 0.6 is 11.6 Å². The van der Waals surface area contributed by atoms with E-state index >= 15 is 0 Å². The molecule has 0 aliphatic heterocycles. The van der Waals surface area contributed by atoms with Crippen molar-refractivity contribution in [2.75, 3.05) is 19.4 Å². The summed E-state index contributed by atoms with van der Waals surface area (Å²) in [6, 6.07) is 4.58. The standard InChI is InChI=1S/C15H22ClN3O2/c1-9(2)12(17)8-14(20)18-13-7-10(5-6-11(13)16)15(21)19(3)4/h5-7,9,12H,8,17H2,1-4H3,(H,18,20). The Morgan fingerprint density at radius 3 is 2.48 bits per heavy atom. The Morgan fingerprint density at radius 1 is 1.33 bits per heavy atom. The molecular formula is C15H22ClN3O2. The molecule has 1 rings (SSSR count). The molecule has 1 atom stereocenters. The van der Waals surface area contributed by atoms with E-state index in [0.29, 0.717) is 16.3 Å². The number of carbonyl (C=O) groups excluding carboxylic acids is 2. The third-order valence-corrected chi connectivity index (χ3v) is 3.50. The molecule has 1 aromatic carbocycles. The monoisotopic (exact) mass is 311 g/mol. The predicted molar refractivity (Wildman–Crippen MR) is 85.5 cm³/mol. The highest BCUT2D eigenvalue weighted by Gasteiger charge is 2.15. The number of amides is 2. The van der Waals surface area contributed by atoms with E-state index in [-0.39, 0.29) is 30.2 Å². The highest BCUT2D eigenvalue weighted by Crippen LogP contribution is 2.24. The van der Waals surface area contributed by atoms with Gasteiger partial charge in [0.1, 0.15) is 0 Å². The van der Waals surface area contributed by atoms with Crippen LogP contribution in [0.4, 0.5) is 5.69 Å². The number of carbonyl (C=O) groups is 2. The van der Waals surface area contributed by atoms with Crippen molar-refractivity contribution in [1.82, 2.24) is 4.90 Å². The molecule has 0 radical (unpaired) electrons. The second kappa shape index (κ2) is 7.43. The van der Waals surface area contributed by atoms with Crippen molar-refractivity contribution in [3.05, 3.63) is 28.8 Å². The van der Waals surface area contributed by atoms with Crippen LogP contribution in [0.3, 0.4) is 0 Å². The first-order chi connectivity index (χ1) is 9.72. The summed E-state index contributed by atoms with van der Waals surface area (Å²) in [6.07, 6.45) is 0.208. The van der Waals surface area contributed by atoms with Gasteiger partial charge in [0.2, 0.25) is 5.91 Å². The summed E-state index contributed by atoms with van der Waals surface area (Å²) in [5.74, 6) is -0.151. The molecule has 0 fully saturated rings. The lowest BCUT2D eigenvalue weighted by Gasteiger charge is -2.16. The van der Waals surface area contributed by atoms with E-state index in [1.165, 1.54) is 4.90 Å². The molecule has 5 nitrogen and oxygen atoms in total. The van der Waals surface area contributed by atoms with Gasteiger partial charge in [-0.2, -0.15) is 0 Å². The molecule has 3 N–H and O–H groups in total. The first kappa shape index (κ1) is 17.5. The van der Waals surface area contributed by atoms with E-state index in [1.807, 2.05) is 13.8 Å². The van der Waals surface area contributed by atoms with Gasteiger partial charge >= 0.3 is 0 Å². The average Bonchev–Trinajstić information content (AvgIpc) is 2.40. The zero-order valence-electron chi connectivity index (χ0n) is 12.8. The third-order valence-electron chi connectivity index (χ3n) is 3.17. The van der Waals surface area contributed by atoms with Crippen molar-refractivity contribution >= 4 is 29.1 Å². The lowest BCUT2D eigenvalue weighted by atomic mass is 10.0. The van der Waals surface area contributed by atoms with E-state index in [9.17, 15) is 9.59 Å². The number of nitrogens with two attached hydrogens (primary N) is 1. The fourth-order valence-corrected chi connectivity index (χ4v) is 1.83. The first-order valence-corrected chi connectivity index (χ1v) is 7.16. The molecule has 0 saturated heterocycles. The van der Waals surface area contributed by atoms with Crippen molar-refractivity contribution < 1.29 is 9.59 Å². The predicted octanol–water partition coefficient (Wildman–Crippen LogP) is 2.35. The molecule has 1 aromatic rings. The molecule has 1 unspecified atom stereocenters. The zero-order valence-corrected chi connectivity index (χ0v) is 13.6. The Hall–Kier alpha value is -1.59. The number of hydrogen-bond donors (Lipinski definition) is 2. The van der Waals surface area contributed by atoms with E-state index in [2.05, 4.69) is 5.32 Å². The van der Waals surface area contributed by atoms with Crippen molar-refractivity contribution in [2.24, 2.45) is 11.7 Å². The number of nitrogens with one attached hydrogen (secondary N) is 1. The maximum absolute atomic E-state index is 11.9. The van der Waals surface area contributed by atoms with Crippen molar-refractivity contribution in [3.63, 3.8) is 0 Å². The van der Waals surface area contributed by atoms with Crippen LogP contribution in [0.25, 0.3) is 0 Å². The van der Waals surface area contributed by atoms with E-state index in [1.54, 1.807) is 32.3 Å². The van der Waals surface area contributed by atoms with E-state index in [0.717, 1.165) is 0 Å². The Kier molecular flexibility index (Phi) is 6.18. The molecule has 0 saturated carbocycles. The normalized spacial score (nSPS) is 12.1. The molecule has 116 valence electrons. The van der Waals surface area contributed by atoms with Gasteiger partial charge < -0.3 is 16.0 Å². The van der Waals surface area contributed by atoms with Gasteiger partial charge in [-0.1, -0.05) is 25.4 Å². The number of nitrogens with zero attached hydrogens (tertiary/aromatic N) is 1. The first-order valence-electron chi connectivity index (χ1n) is 6.79. The Labute approximate surface area is 130 Å². The molecule has 6 heteroatoms. The van der Waals surface area contributed by atoms with Gasteiger partial charge in [-0.15, -0.1) is 0 Å².